The standard InChI is InChI=1S/C27H39N/c1-2-22-9-11-23(12-10-22)6-3-4-7-24-13-17-26(18-14-24)27-19-15-25(16-20-27)8-5-21-28/h5,8-12,24-27H,2-4,6-7,13-20H2,1H3. The summed E-state index contributed by atoms with van der Waals surface area (Å²) >= 11 is 0. The number of benzene rings is 1. The second-order valence-electron chi connectivity index (χ2n) is 9.36. The molecule has 1 nitrogen and oxygen atoms in total. The van der Waals surface area contributed by atoms with Gasteiger partial charge in [0.25, 0.3) is 0 Å². The lowest BCUT2D eigenvalue weighted by Gasteiger charge is -2.37. The van der Waals surface area contributed by atoms with E-state index in [0.29, 0.717) is 5.92 Å². The van der Waals surface area contributed by atoms with Crippen LogP contribution in [-0.4, -0.2) is 0 Å². The number of rotatable bonds is 8. The highest BCUT2D eigenvalue weighted by atomic mass is 14.4. The zero-order valence-electron chi connectivity index (χ0n) is 17.9. The SMILES string of the molecule is CCc1ccc(CCCCC2CCC(C3CCC(C=CC#N)CC3)CC2)cc1. The number of allylic oxidation sites excluding steroid dienone is 2. The summed E-state index contributed by atoms with van der Waals surface area (Å²) in [6.45, 7) is 2.23. The Morgan fingerprint density at radius 2 is 1.46 bits per heavy atom. The Bertz CT molecular complexity index is 619. The van der Waals surface area contributed by atoms with Crippen molar-refractivity contribution in [3.8, 4) is 6.07 Å². The van der Waals surface area contributed by atoms with Crippen LogP contribution in [0.2, 0.25) is 0 Å². The van der Waals surface area contributed by atoms with E-state index in [0.717, 1.165) is 24.2 Å². The topological polar surface area (TPSA) is 23.8 Å². The van der Waals surface area contributed by atoms with Crippen molar-refractivity contribution >= 4 is 0 Å². The molecule has 3 rings (SSSR count). The molecule has 2 aliphatic carbocycles. The molecule has 2 saturated carbocycles. The van der Waals surface area contributed by atoms with E-state index in [1.807, 2.05) is 0 Å². The highest BCUT2D eigenvalue weighted by molar-refractivity contribution is 5.22. The minimum atomic E-state index is 0.672. The number of aryl methyl sites for hydroxylation is 2. The Hall–Kier alpha value is -1.55. The quantitative estimate of drug-likeness (QED) is 0.337. The molecule has 0 spiro atoms. The zero-order chi connectivity index (χ0) is 19.6. The molecule has 0 bridgehead atoms. The molecule has 0 saturated heterocycles. The van der Waals surface area contributed by atoms with Crippen molar-refractivity contribution in [1.29, 1.82) is 5.26 Å². The molecule has 1 heteroatoms. The molecule has 0 aliphatic heterocycles. The van der Waals surface area contributed by atoms with E-state index < -0.39 is 0 Å². The van der Waals surface area contributed by atoms with Crippen molar-refractivity contribution in [1.82, 2.24) is 0 Å². The first-order chi connectivity index (χ1) is 13.8. The second-order valence-corrected chi connectivity index (χ2v) is 9.36. The Morgan fingerprint density at radius 3 is 2.07 bits per heavy atom. The fraction of sp³-hybridized carbons (Fsp3) is 0.667. The number of hydrogen-bond donors (Lipinski definition) is 0. The number of nitriles is 1. The Kier molecular flexibility index (Phi) is 8.66. The van der Waals surface area contributed by atoms with Crippen LogP contribution in [0.1, 0.15) is 88.7 Å². The van der Waals surface area contributed by atoms with E-state index in [4.69, 9.17) is 5.26 Å². The van der Waals surface area contributed by atoms with Gasteiger partial charge in [-0.25, -0.2) is 0 Å². The third kappa shape index (κ3) is 6.51. The number of hydrogen-bond acceptors (Lipinski definition) is 1. The lowest BCUT2D eigenvalue weighted by atomic mass is 9.68. The summed E-state index contributed by atoms with van der Waals surface area (Å²) in [4.78, 5) is 0. The highest BCUT2D eigenvalue weighted by Gasteiger charge is 2.30. The first-order valence-corrected chi connectivity index (χ1v) is 11.9. The van der Waals surface area contributed by atoms with Crippen LogP contribution < -0.4 is 0 Å². The fourth-order valence-corrected chi connectivity index (χ4v) is 5.64. The van der Waals surface area contributed by atoms with Gasteiger partial charge in [0, 0.05) is 6.08 Å². The predicted octanol–water partition coefficient (Wildman–Crippen LogP) is 7.65. The molecule has 1 aromatic carbocycles. The predicted molar refractivity (Wildman–Crippen MR) is 119 cm³/mol. The summed E-state index contributed by atoms with van der Waals surface area (Å²) in [5, 5.41) is 8.70. The van der Waals surface area contributed by atoms with Crippen LogP contribution in [0.15, 0.2) is 36.4 Å². The smallest absolute Gasteiger partial charge is 0.0908 e. The fourth-order valence-electron chi connectivity index (χ4n) is 5.64. The van der Waals surface area contributed by atoms with E-state index in [9.17, 15) is 0 Å². The van der Waals surface area contributed by atoms with Gasteiger partial charge in [0.05, 0.1) is 6.07 Å². The maximum Gasteiger partial charge on any atom is 0.0908 e. The molecule has 0 aromatic heterocycles. The lowest BCUT2D eigenvalue weighted by Crippen LogP contribution is -2.25. The van der Waals surface area contributed by atoms with Crippen molar-refractivity contribution in [3.05, 3.63) is 47.5 Å². The Labute approximate surface area is 173 Å². The average Bonchev–Trinajstić information content (AvgIpc) is 2.76. The number of unbranched alkanes of at least 4 members (excludes halogenated alkanes) is 1. The normalized spacial score (nSPS) is 28.3. The van der Waals surface area contributed by atoms with Crippen molar-refractivity contribution in [2.45, 2.75) is 90.4 Å². The van der Waals surface area contributed by atoms with Crippen LogP contribution in [-0.2, 0) is 12.8 Å². The van der Waals surface area contributed by atoms with E-state index >= 15 is 0 Å². The monoisotopic (exact) mass is 377 g/mol. The molecule has 0 atom stereocenters. The zero-order valence-corrected chi connectivity index (χ0v) is 17.9. The molecular formula is C27H39N. The molecule has 2 aliphatic rings. The second kappa shape index (κ2) is 11.5. The molecule has 152 valence electrons. The van der Waals surface area contributed by atoms with Crippen molar-refractivity contribution in [2.75, 3.05) is 0 Å². The van der Waals surface area contributed by atoms with Gasteiger partial charge in [-0.05, 0) is 92.6 Å². The Balaban J connectivity index is 1.28. The molecule has 1 aromatic rings. The molecule has 0 N–H and O–H groups in total. The largest absolute Gasteiger partial charge is 0.193 e. The summed E-state index contributed by atoms with van der Waals surface area (Å²) in [5.74, 6) is 3.63. The van der Waals surface area contributed by atoms with Crippen LogP contribution in [0.25, 0.3) is 0 Å². The van der Waals surface area contributed by atoms with E-state index in [1.165, 1.54) is 88.2 Å². The van der Waals surface area contributed by atoms with Crippen LogP contribution in [0.4, 0.5) is 0 Å². The summed E-state index contributed by atoms with van der Waals surface area (Å²) in [6.07, 6.45) is 21.8. The maximum atomic E-state index is 8.70. The van der Waals surface area contributed by atoms with Gasteiger partial charge in [-0.3, -0.25) is 0 Å². The van der Waals surface area contributed by atoms with Gasteiger partial charge >= 0.3 is 0 Å². The van der Waals surface area contributed by atoms with Crippen LogP contribution in [0.5, 0.6) is 0 Å². The van der Waals surface area contributed by atoms with Crippen molar-refractivity contribution < 1.29 is 0 Å². The summed E-state index contributed by atoms with van der Waals surface area (Å²) in [6, 6.07) is 11.4. The summed E-state index contributed by atoms with van der Waals surface area (Å²) in [7, 11) is 0. The van der Waals surface area contributed by atoms with Gasteiger partial charge in [-0.1, -0.05) is 62.9 Å². The molecule has 2 fully saturated rings. The van der Waals surface area contributed by atoms with Crippen molar-refractivity contribution in [3.63, 3.8) is 0 Å². The maximum absolute atomic E-state index is 8.70. The van der Waals surface area contributed by atoms with Crippen LogP contribution in [0.3, 0.4) is 0 Å². The van der Waals surface area contributed by atoms with Gasteiger partial charge in [-0.2, -0.15) is 5.26 Å². The van der Waals surface area contributed by atoms with E-state index in [1.54, 1.807) is 6.08 Å². The first kappa shape index (κ1) is 21.2. The average molecular weight is 378 g/mol. The molecule has 0 unspecified atom stereocenters. The highest BCUT2D eigenvalue weighted by Crippen LogP contribution is 2.42. The van der Waals surface area contributed by atoms with Crippen LogP contribution >= 0.6 is 0 Å². The molecular weight excluding hydrogens is 338 g/mol. The third-order valence-electron chi connectivity index (χ3n) is 7.58. The minimum absolute atomic E-state index is 0.672. The van der Waals surface area contributed by atoms with Gasteiger partial charge in [0.2, 0.25) is 0 Å². The minimum Gasteiger partial charge on any atom is -0.193 e. The van der Waals surface area contributed by atoms with Crippen LogP contribution in [0, 0.1) is 35.0 Å². The summed E-state index contributed by atoms with van der Waals surface area (Å²) < 4.78 is 0. The third-order valence-corrected chi connectivity index (χ3v) is 7.58. The van der Waals surface area contributed by atoms with E-state index in [-0.39, 0.29) is 0 Å². The molecule has 0 heterocycles. The molecule has 0 amide bonds. The number of nitrogens with zero attached hydrogens (tertiary/aromatic N) is 1. The van der Waals surface area contributed by atoms with Gasteiger partial charge in [0.1, 0.15) is 0 Å². The first-order valence-electron chi connectivity index (χ1n) is 11.9. The van der Waals surface area contributed by atoms with Gasteiger partial charge < -0.3 is 0 Å². The van der Waals surface area contributed by atoms with Gasteiger partial charge in [0.15, 0.2) is 0 Å². The molecule has 28 heavy (non-hydrogen) atoms. The Morgan fingerprint density at radius 1 is 0.857 bits per heavy atom. The lowest BCUT2D eigenvalue weighted by molar-refractivity contribution is 0.151. The molecule has 0 radical (unpaired) electrons. The summed E-state index contributed by atoms with van der Waals surface area (Å²) in [5.41, 5.74) is 2.97. The van der Waals surface area contributed by atoms with Crippen molar-refractivity contribution in [2.24, 2.45) is 23.7 Å². The van der Waals surface area contributed by atoms with E-state index in [2.05, 4.69) is 43.3 Å². The van der Waals surface area contributed by atoms with Gasteiger partial charge in [-0.15, -0.1) is 0 Å².